The van der Waals surface area contributed by atoms with Crippen molar-refractivity contribution in [1.29, 1.82) is 0 Å². The van der Waals surface area contributed by atoms with Crippen LogP contribution in [-0.4, -0.2) is 25.2 Å². The van der Waals surface area contributed by atoms with Gasteiger partial charge in [-0.1, -0.05) is 24.8 Å². The van der Waals surface area contributed by atoms with Crippen molar-refractivity contribution in [3.63, 3.8) is 0 Å². The largest absolute Gasteiger partial charge is 0.490 e. The fourth-order valence-electron chi connectivity index (χ4n) is 3.07. The minimum Gasteiger partial charge on any atom is -0.490 e. The van der Waals surface area contributed by atoms with Crippen LogP contribution in [0.15, 0.2) is 60.0 Å². The highest BCUT2D eigenvalue weighted by molar-refractivity contribution is 7.85. The summed E-state index contributed by atoms with van der Waals surface area (Å²) in [5.41, 5.74) is 1.05. The Labute approximate surface area is 154 Å². The Morgan fingerprint density at radius 2 is 1.42 bits per heavy atom. The second-order valence-corrected chi connectivity index (χ2v) is 7.79. The predicted molar refractivity (Wildman–Crippen MR) is 100 cm³/mol. The molecule has 138 valence electrons. The number of ether oxygens (including phenoxy) is 2. The lowest BCUT2D eigenvalue weighted by Gasteiger charge is -2.30. The quantitative estimate of drug-likeness (QED) is 0.761. The van der Waals surface area contributed by atoms with Crippen LogP contribution in [0.4, 0.5) is 0 Å². The first-order valence-corrected chi connectivity index (χ1v) is 10.0. The van der Waals surface area contributed by atoms with E-state index in [0.29, 0.717) is 5.75 Å². The van der Waals surface area contributed by atoms with Crippen LogP contribution in [0, 0.1) is 0 Å². The molecule has 6 heteroatoms. The van der Waals surface area contributed by atoms with Gasteiger partial charge in [-0.05, 0) is 61.2 Å². The van der Waals surface area contributed by atoms with Gasteiger partial charge in [0.25, 0.3) is 10.1 Å². The fraction of sp³-hybridized carbons (Fsp3) is 0.300. The molecule has 1 aliphatic carbocycles. The lowest BCUT2D eigenvalue weighted by atomic mass is 9.94. The summed E-state index contributed by atoms with van der Waals surface area (Å²) < 4.78 is 43.2. The van der Waals surface area contributed by atoms with E-state index in [1.165, 1.54) is 12.1 Å². The molecule has 26 heavy (non-hydrogen) atoms. The van der Waals surface area contributed by atoms with Crippen LogP contribution in [-0.2, 0) is 10.1 Å². The van der Waals surface area contributed by atoms with Crippen molar-refractivity contribution in [2.45, 2.75) is 42.8 Å². The molecule has 0 bridgehead atoms. The topological polar surface area (TPSA) is 72.8 Å². The third-order valence-electron chi connectivity index (χ3n) is 4.42. The molecule has 2 aromatic rings. The molecule has 2 atom stereocenters. The molecular weight excluding hydrogens is 352 g/mol. The van der Waals surface area contributed by atoms with Crippen molar-refractivity contribution in [3.05, 3.63) is 60.7 Å². The summed E-state index contributed by atoms with van der Waals surface area (Å²) >= 11 is 0. The van der Waals surface area contributed by atoms with Crippen LogP contribution in [0.2, 0.25) is 0 Å². The minimum atomic E-state index is -4.18. The van der Waals surface area contributed by atoms with Gasteiger partial charge in [-0.2, -0.15) is 8.42 Å². The molecule has 2 aromatic carbocycles. The summed E-state index contributed by atoms with van der Waals surface area (Å²) in [7, 11) is -4.18. The van der Waals surface area contributed by atoms with E-state index in [0.717, 1.165) is 37.0 Å². The summed E-state index contributed by atoms with van der Waals surface area (Å²) in [5.74, 6) is 1.41. The smallest absolute Gasteiger partial charge is 0.294 e. The van der Waals surface area contributed by atoms with E-state index in [4.69, 9.17) is 14.0 Å². The van der Waals surface area contributed by atoms with Crippen molar-refractivity contribution >= 4 is 16.2 Å². The third kappa shape index (κ3) is 4.86. The van der Waals surface area contributed by atoms with E-state index < -0.39 is 10.1 Å². The van der Waals surface area contributed by atoms with Crippen molar-refractivity contribution in [2.75, 3.05) is 0 Å². The number of rotatable bonds is 6. The maximum Gasteiger partial charge on any atom is 0.294 e. The maximum atomic E-state index is 11.1. The summed E-state index contributed by atoms with van der Waals surface area (Å²) in [6.07, 6.45) is 5.56. The number of hydrogen-bond donors (Lipinski definition) is 1. The molecule has 0 amide bonds. The van der Waals surface area contributed by atoms with Gasteiger partial charge in [-0.3, -0.25) is 4.55 Å². The molecule has 0 saturated heterocycles. The zero-order valence-electron chi connectivity index (χ0n) is 14.4. The molecule has 1 saturated carbocycles. The van der Waals surface area contributed by atoms with Crippen LogP contribution < -0.4 is 9.47 Å². The summed E-state index contributed by atoms with van der Waals surface area (Å²) in [5, 5.41) is 0. The first-order chi connectivity index (χ1) is 12.4. The Kier molecular flexibility index (Phi) is 5.64. The Bertz CT molecular complexity index is 841. The zero-order valence-corrected chi connectivity index (χ0v) is 15.2. The molecule has 0 spiro atoms. The van der Waals surface area contributed by atoms with Gasteiger partial charge in [0, 0.05) is 6.42 Å². The molecule has 0 aliphatic heterocycles. The van der Waals surface area contributed by atoms with E-state index >= 15 is 0 Å². The third-order valence-corrected chi connectivity index (χ3v) is 5.29. The summed E-state index contributed by atoms with van der Waals surface area (Å²) in [6, 6.07) is 13.6. The van der Waals surface area contributed by atoms with Crippen LogP contribution in [0.3, 0.4) is 0 Å². The molecule has 0 radical (unpaired) electrons. The molecule has 0 heterocycles. The maximum absolute atomic E-state index is 11.1. The van der Waals surface area contributed by atoms with E-state index in [9.17, 15) is 8.42 Å². The van der Waals surface area contributed by atoms with Crippen LogP contribution in [0.1, 0.15) is 31.2 Å². The van der Waals surface area contributed by atoms with Gasteiger partial charge in [0.2, 0.25) is 0 Å². The lowest BCUT2D eigenvalue weighted by Crippen LogP contribution is -2.31. The van der Waals surface area contributed by atoms with Crippen LogP contribution in [0.5, 0.6) is 11.5 Å². The van der Waals surface area contributed by atoms with Crippen LogP contribution in [0.25, 0.3) is 6.08 Å². The molecule has 1 N–H and O–H groups in total. The van der Waals surface area contributed by atoms with Crippen molar-refractivity contribution in [2.24, 2.45) is 0 Å². The van der Waals surface area contributed by atoms with Gasteiger partial charge < -0.3 is 9.47 Å². The van der Waals surface area contributed by atoms with Gasteiger partial charge in [-0.25, -0.2) is 0 Å². The van der Waals surface area contributed by atoms with Gasteiger partial charge in [0.1, 0.15) is 23.7 Å². The zero-order chi connectivity index (χ0) is 18.6. The van der Waals surface area contributed by atoms with Gasteiger partial charge in [0.05, 0.1) is 4.90 Å². The molecule has 5 nitrogen and oxygen atoms in total. The fourth-order valence-corrected chi connectivity index (χ4v) is 3.55. The van der Waals surface area contributed by atoms with Gasteiger partial charge in [-0.15, -0.1) is 0 Å². The number of benzene rings is 2. The van der Waals surface area contributed by atoms with Crippen molar-refractivity contribution in [1.82, 2.24) is 0 Å². The summed E-state index contributed by atoms with van der Waals surface area (Å²) in [6.45, 7) is 3.74. The number of hydrogen-bond acceptors (Lipinski definition) is 4. The molecule has 0 aromatic heterocycles. The normalized spacial score (nSPS) is 20.3. The lowest BCUT2D eigenvalue weighted by molar-refractivity contribution is 0.0680. The average molecular weight is 374 g/mol. The van der Waals surface area contributed by atoms with E-state index in [1.54, 1.807) is 18.2 Å². The Hall–Kier alpha value is -2.31. The highest BCUT2D eigenvalue weighted by atomic mass is 32.2. The minimum absolute atomic E-state index is 0.0118. The van der Waals surface area contributed by atoms with Gasteiger partial charge in [0.15, 0.2) is 0 Å². The summed E-state index contributed by atoms with van der Waals surface area (Å²) in [4.78, 5) is -0.141. The molecule has 2 unspecified atom stereocenters. The van der Waals surface area contributed by atoms with Crippen LogP contribution >= 0.6 is 0 Å². The Morgan fingerprint density at radius 3 is 1.88 bits per heavy atom. The molecule has 3 rings (SSSR count). The Morgan fingerprint density at radius 1 is 0.923 bits per heavy atom. The monoisotopic (exact) mass is 374 g/mol. The average Bonchev–Trinajstić information content (AvgIpc) is 2.62. The first-order valence-electron chi connectivity index (χ1n) is 8.57. The first kappa shape index (κ1) is 18.5. The van der Waals surface area contributed by atoms with E-state index in [1.807, 2.05) is 24.3 Å². The highest BCUT2D eigenvalue weighted by Gasteiger charge is 2.25. The molecule has 1 fully saturated rings. The highest BCUT2D eigenvalue weighted by Crippen LogP contribution is 2.28. The molecular formula is C20H22O5S. The second kappa shape index (κ2) is 7.93. The second-order valence-electron chi connectivity index (χ2n) is 6.37. The van der Waals surface area contributed by atoms with E-state index in [2.05, 4.69) is 6.58 Å². The predicted octanol–water partition coefficient (Wildman–Crippen LogP) is 4.35. The Balaban J connectivity index is 1.58. The van der Waals surface area contributed by atoms with Crippen molar-refractivity contribution in [3.8, 4) is 11.5 Å². The SMILES string of the molecule is C=Cc1ccc(OC2CCCC(Oc3ccc(S(=O)(=O)O)cc3)C2)cc1. The standard InChI is InChI=1S/C20H22O5S/c1-2-15-6-8-16(9-7-15)24-18-4-3-5-19(14-18)25-17-10-12-20(13-11-17)26(21,22)23/h2,6-13,18-19H,1,3-5,14H2,(H,21,22,23). The van der Waals surface area contributed by atoms with Crippen molar-refractivity contribution < 1.29 is 22.4 Å². The van der Waals surface area contributed by atoms with E-state index in [-0.39, 0.29) is 17.1 Å². The molecule has 1 aliphatic rings. The van der Waals surface area contributed by atoms with Gasteiger partial charge >= 0.3 is 0 Å².